The first-order chi connectivity index (χ1) is 6.83. The largest absolute Gasteiger partial charge is 0.372 e. The molecular formula is C12H13NO. The van der Waals surface area contributed by atoms with Gasteiger partial charge < -0.3 is 9.64 Å². The van der Waals surface area contributed by atoms with Crippen LogP contribution >= 0.6 is 0 Å². The fourth-order valence-electron chi connectivity index (χ4n) is 1.76. The first kappa shape index (κ1) is 8.06. The molecule has 1 aromatic carbocycles. The molecule has 1 atom stereocenters. The monoisotopic (exact) mass is 187 g/mol. The van der Waals surface area contributed by atoms with Crippen LogP contribution in [0.3, 0.4) is 0 Å². The lowest BCUT2D eigenvalue weighted by Crippen LogP contribution is -2.22. The summed E-state index contributed by atoms with van der Waals surface area (Å²) in [7, 11) is 2.12. The van der Waals surface area contributed by atoms with Crippen LogP contribution in [0.4, 0.5) is 5.69 Å². The van der Waals surface area contributed by atoms with Crippen molar-refractivity contribution < 1.29 is 4.74 Å². The van der Waals surface area contributed by atoms with E-state index in [4.69, 9.17) is 4.74 Å². The lowest BCUT2D eigenvalue weighted by molar-refractivity contribution is 0.410. The minimum atomic E-state index is 0.460. The molecule has 14 heavy (non-hydrogen) atoms. The third-order valence-corrected chi connectivity index (χ3v) is 2.83. The van der Waals surface area contributed by atoms with E-state index in [0.717, 1.165) is 13.2 Å². The molecule has 1 heterocycles. The van der Waals surface area contributed by atoms with E-state index < -0.39 is 0 Å². The highest BCUT2D eigenvalue weighted by atomic mass is 16.6. The standard InChI is InChI=1S/C12H13NO/c1-13(7-12-8-14-12)11-5-4-9-2-3-10(9)6-11/h2-6,12H,7-8H2,1H3. The van der Waals surface area contributed by atoms with Crippen molar-refractivity contribution in [2.75, 3.05) is 25.1 Å². The molecule has 0 spiro atoms. The van der Waals surface area contributed by atoms with E-state index in [1.54, 1.807) is 0 Å². The summed E-state index contributed by atoms with van der Waals surface area (Å²) in [6, 6.07) is 6.58. The number of rotatable bonds is 3. The number of ether oxygens (including phenoxy) is 1. The average Bonchev–Trinajstić information content (AvgIpc) is 2.91. The maximum Gasteiger partial charge on any atom is 0.0984 e. The summed E-state index contributed by atoms with van der Waals surface area (Å²) in [5.41, 5.74) is 3.99. The highest BCUT2D eigenvalue weighted by molar-refractivity contribution is 5.87. The predicted molar refractivity (Wildman–Crippen MR) is 58.4 cm³/mol. The quantitative estimate of drug-likeness (QED) is 0.683. The molecular weight excluding hydrogens is 174 g/mol. The van der Waals surface area contributed by atoms with Crippen LogP contribution in [0.5, 0.6) is 0 Å². The summed E-state index contributed by atoms with van der Waals surface area (Å²) >= 11 is 0. The highest BCUT2D eigenvalue weighted by Crippen LogP contribution is 2.28. The van der Waals surface area contributed by atoms with Crippen LogP contribution in [-0.2, 0) is 4.74 Å². The molecule has 72 valence electrons. The number of fused-ring (bicyclic) bond motifs is 1. The van der Waals surface area contributed by atoms with E-state index in [-0.39, 0.29) is 0 Å². The first-order valence-corrected chi connectivity index (χ1v) is 4.98. The van der Waals surface area contributed by atoms with Crippen LogP contribution in [0.25, 0.3) is 12.2 Å². The zero-order valence-corrected chi connectivity index (χ0v) is 8.23. The zero-order valence-electron chi connectivity index (χ0n) is 8.23. The van der Waals surface area contributed by atoms with Gasteiger partial charge in [0.15, 0.2) is 0 Å². The topological polar surface area (TPSA) is 15.8 Å². The Morgan fingerprint density at radius 1 is 1.36 bits per heavy atom. The van der Waals surface area contributed by atoms with E-state index >= 15 is 0 Å². The van der Waals surface area contributed by atoms with Gasteiger partial charge in [-0.2, -0.15) is 0 Å². The molecule has 0 N–H and O–H groups in total. The van der Waals surface area contributed by atoms with Crippen LogP contribution in [-0.4, -0.2) is 26.3 Å². The van der Waals surface area contributed by atoms with E-state index in [9.17, 15) is 0 Å². The third kappa shape index (κ3) is 1.32. The lowest BCUT2D eigenvalue weighted by atomic mass is 9.97. The average molecular weight is 187 g/mol. The van der Waals surface area contributed by atoms with E-state index in [1.807, 2.05) is 0 Å². The van der Waals surface area contributed by atoms with Crippen LogP contribution in [0.2, 0.25) is 0 Å². The van der Waals surface area contributed by atoms with Gasteiger partial charge in [0.2, 0.25) is 0 Å². The van der Waals surface area contributed by atoms with Crippen molar-refractivity contribution in [1.29, 1.82) is 0 Å². The van der Waals surface area contributed by atoms with Crippen molar-refractivity contribution in [2.45, 2.75) is 6.10 Å². The number of hydrogen-bond acceptors (Lipinski definition) is 2. The molecule has 2 aliphatic rings. The maximum absolute atomic E-state index is 5.21. The van der Waals surface area contributed by atoms with Gasteiger partial charge in [-0.05, 0) is 23.3 Å². The number of nitrogens with zero attached hydrogens (tertiary/aromatic N) is 1. The van der Waals surface area contributed by atoms with Crippen molar-refractivity contribution in [3.8, 4) is 0 Å². The Bertz CT molecular complexity index is 393. The lowest BCUT2D eigenvalue weighted by Gasteiger charge is -2.21. The van der Waals surface area contributed by atoms with Crippen LogP contribution in [0, 0.1) is 0 Å². The summed E-state index contributed by atoms with van der Waals surface area (Å²) in [5, 5.41) is 0. The third-order valence-electron chi connectivity index (χ3n) is 2.83. The normalized spacial score (nSPS) is 21.4. The van der Waals surface area contributed by atoms with Gasteiger partial charge in [-0.3, -0.25) is 0 Å². The molecule has 0 amide bonds. The van der Waals surface area contributed by atoms with Gasteiger partial charge in [0.25, 0.3) is 0 Å². The van der Waals surface area contributed by atoms with Crippen molar-refractivity contribution in [3.05, 3.63) is 29.3 Å². The van der Waals surface area contributed by atoms with Gasteiger partial charge in [0.1, 0.15) is 0 Å². The number of hydrogen-bond donors (Lipinski definition) is 0. The summed E-state index contributed by atoms with van der Waals surface area (Å²) in [5.74, 6) is 0. The van der Waals surface area contributed by atoms with Gasteiger partial charge in [-0.15, -0.1) is 0 Å². The second kappa shape index (κ2) is 2.85. The summed E-state index contributed by atoms with van der Waals surface area (Å²) in [6.07, 6.45) is 4.75. The van der Waals surface area contributed by atoms with Crippen molar-refractivity contribution in [3.63, 3.8) is 0 Å². The molecule has 0 bridgehead atoms. The Morgan fingerprint density at radius 3 is 2.71 bits per heavy atom. The Labute approximate surface area is 83.8 Å². The van der Waals surface area contributed by atoms with Crippen LogP contribution < -0.4 is 4.90 Å². The van der Waals surface area contributed by atoms with Crippen molar-refractivity contribution in [1.82, 2.24) is 0 Å². The fraction of sp³-hybridized carbons (Fsp3) is 0.333. The Balaban J connectivity index is 1.78. The summed E-state index contributed by atoms with van der Waals surface area (Å²) < 4.78 is 5.21. The Kier molecular flexibility index (Phi) is 1.64. The Hall–Kier alpha value is -1.28. The number of epoxide rings is 1. The molecule has 0 radical (unpaired) electrons. The second-order valence-corrected chi connectivity index (χ2v) is 3.98. The minimum absolute atomic E-state index is 0.460. The molecule has 1 aliphatic heterocycles. The minimum Gasteiger partial charge on any atom is -0.372 e. The molecule has 1 aromatic rings. The molecule has 1 saturated heterocycles. The van der Waals surface area contributed by atoms with E-state index in [1.165, 1.54) is 16.8 Å². The van der Waals surface area contributed by atoms with Crippen LogP contribution in [0.1, 0.15) is 11.1 Å². The van der Waals surface area contributed by atoms with Gasteiger partial charge in [-0.25, -0.2) is 0 Å². The van der Waals surface area contributed by atoms with Gasteiger partial charge in [0, 0.05) is 19.3 Å². The van der Waals surface area contributed by atoms with E-state index in [2.05, 4.69) is 42.3 Å². The molecule has 3 rings (SSSR count). The Morgan fingerprint density at radius 2 is 2.14 bits per heavy atom. The SMILES string of the molecule is CN(CC1CO1)c1ccc2c(c1)C=C2. The summed E-state index contributed by atoms with van der Waals surface area (Å²) in [4.78, 5) is 2.25. The molecule has 0 aromatic heterocycles. The molecule has 2 nitrogen and oxygen atoms in total. The zero-order chi connectivity index (χ0) is 9.54. The number of anilines is 1. The molecule has 1 fully saturated rings. The smallest absolute Gasteiger partial charge is 0.0984 e. The summed E-state index contributed by atoms with van der Waals surface area (Å²) in [6.45, 7) is 1.93. The molecule has 2 heteroatoms. The predicted octanol–water partition coefficient (Wildman–Crippen LogP) is 2.01. The van der Waals surface area contributed by atoms with Gasteiger partial charge in [0.05, 0.1) is 12.7 Å². The van der Waals surface area contributed by atoms with Gasteiger partial charge >= 0.3 is 0 Å². The number of likely N-dealkylation sites (N-methyl/N-ethyl adjacent to an activating group) is 1. The van der Waals surface area contributed by atoms with Crippen molar-refractivity contribution in [2.24, 2.45) is 0 Å². The fourth-order valence-corrected chi connectivity index (χ4v) is 1.76. The van der Waals surface area contributed by atoms with Crippen molar-refractivity contribution >= 4 is 17.8 Å². The van der Waals surface area contributed by atoms with Crippen LogP contribution in [0.15, 0.2) is 18.2 Å². The number of benzene rings is 1. The maximum atomic E-state index is 5.21. The molecule has 0 saturated carbocycles. The molecule has 1 unspecified atom stereocenters. The highest BCUT2D eigenvalue weighted by Gasteiger charge is 2.24. The van der Waals surface area contributed by atoms with E-state index in [0.29, 0.717) is 6.10 Å². The first-order valence-electron chi connectivity index (χ1n) is 4.98. The second-order valence-electron chi connectivity index (χ2n) is 3.98. The molecule has 1 aliphatic carbocycles. The van der Waals surface area contributed by atoms with Gasteiger partial charge in [-0.1, -0.05) is 18.2 Å².